The first kappa shape index (κ1) is 22.2. The highest BCUT2D eigenvalue weighted by Gasteiger charge is 2.18. The molecule has 5 aromatic rings. The normalized spacial score (nSPS) is 11.7. The maximum atomic E-state index is 13.2. The van der Waals surface area contributed by atoms with Gasteiger partial charge in [0.1, 0.15) is 11.6 Å². The van der Waals surface area contributed by atoms with Gasteiger partial charge in [0.05, 0.1) is 21.9 Å². The lowest BCUT2D eigenvalue weighted by atomic mass is 10.1. The number of fused-ring (bicyclic) bond motifs is 2. The Balaban J connectivity index is 1.55. The van der Waals surface area contributed by atoms with E-state index in [9.17, 15) is 17.9 Å². The molecule has 0 saturated carbocycles. The van der Waals surface area contributed by atoms with Crippen molar-refractivity contribution in [1.82, 2.24) is 4.98 Å². The zero-order valence-corrected chi connectivity index (χ0v) is 19.4. The number of phenolic OH excluding ortho intramolecular Hbond substituents is 1. The van der Waals surface area contributed by atoms with Crippen LogP contribution in [0, 0.1) is 5.82 Å². The Hall–Kier alpha value is -3.62. The second-order valence-corrected chi connectivity index (χ2v) is 10.5. The molecule has 0 amide bonds. The molecule has 1 heterocycles. The first-order chi connectivity index (χ1) is 16.4. The predicted octanol–water partition coefficient (Wildman–Crippen LogP) is 6.33. The van der Waals surface area contributed by atoms with Crippen LogP contribution in [0.25, 0.3) is 21.7 Å². The SMILES string of the molecule is O=S(=O)(Cc1ccc(F)cc1)Nc1cc(Sc2cccc3cccnc23)c(O)c2ccccc12. The smallest absolute Gasteiger partial charge is 0.236 e. The van der Waals surface area contributed by atoms with E-state index in [1.807, 2.05) is 30.3 Å². The summed E-state index contributed by atoms with van der Waals surface area (Å²) in [5.41, 5.74) is 1.61. The summed E-state index contributed by atoms with van der Waals surface area (Å²) in [7, 11) is -3.80. The average molecular weight is 491 g/mol. The number of para-hydroxylation sites is 1. The van der Waals surface area contributed by atoms with Crippen LogP contribution >= 0.6 is 11.8 Å². The maximum absolute atomic E-state index is 13.2. The summed E-state index contributed by atoms with van der Waals surface area (Å²) in [5.74, 6) is -0.670. The van der Waals surface area contributed by atoms with Crippen molar-refractivity contribution in [3.63, 3.8) is 0 Å². The van der Waals surface area contributed by atoms with Crippen molar-refractivity contribution in [1.29, 1.82) is 0 Å². The van der Waals surface area contributed by atoms with Crippen molar-refractivity contribution in [3.8, 4) is 5.75 Å². The van der Waals surface area contributed by atoms with Crippen LogP contribution in [0.1, 0.15) is 5.56 Å². The lowest BCUT2D eigenvalue weighted by molar-refractivity contribution is 0.469. The quantitative estimate of drug-likeness (QED) is 0.272. The molecule has 0 saturated heterocycles. The summed E-state index contributed by atoms with van der Waals surface area (Å²) in [5, 5.41) is 13.1. The number of pyridine rings is 1. The van der Waals surface area contributed by atoms with E-state index in [4.69, 9.17) is 0 Å². The van der Waals surface area contributed by atoms with E-state index in [0.717, 1.165) is 15.8 Å². The molecule has 1 aromatic heterocycles. The van der Waals surface area contributed by atoms with Gasteiger partial charge in [-0.05, 0) is 35.9 Å². The fraction of sp³-hybridized carbons (Fsp3) is 0.0385. The molecule has 0 unspecified atom stereocenters. The number of aromatic hydroxyl groups is 1. The van der Waals surface area contributed by atoms with Crippen molar-refractivity contribution >= 4 is 49.1 Å². The summed E-state index contributed by atoms with van der Waals surface area (Å²) >= 11 is 1.32. The number of sulfonamides is 1. The molecular weight excluding hydrogens is 471 g/mol. The minimum atomic E-state index is -3.80. The molecule has 34 heavy (non-hydrogen) atoms. The summed E-state index contributed by atoms with van der Waals surface area (Å²) in [4.78, 5) is 5.80. The molecule has 170 valence electrons. The topological polar surface area (TPSA) is 79.3 Å². The number of benzene rings is 4. The van der Waals surface area contributed by atoms with Gasteiger partial charge >= 0.3 is 0 Å². The zero-order chi connectivity index (χ0) is 23.7. The molecule has 0 spiro atoms. The van der Waals surface area contributed by atoms with Gasteiger partial charge in [0.2, 0.25) is 10.0 Å². The molecule has 0 fully saturated rings. The first-order valence-corrected chi connectivity index (χ1v) is 12.9. The molecule has 2 N–H and O–H groups in total. The van der Waals surface area contributed by atoms with E-state index in [0.29, 0.717) is 26.9 Å². The van der Waals surface area contributed by atoms with Crippen LogP contribution in [0.5, 0.6) is 5.75 Å². The molecule has 0 radical (unpaired) electrons. The number of anilines is 1. The van der Waals surface area contributed by atoms with Crippen LogP contribution in [0.3, 0.4) is 0 Å². The third kappa shape index (κ3) is 4.55. The van der Waals surface area contributed by atoms with E-state index >= 15 is 0 Å². The molecule has 0 bridgehead atoms. The summed E-state index contributed by atoms with van der Waals surface area (Å²) in [6, 6.07) is 23.6. The zero-order valence-electron chi connectivity index (χ0n) is 17.8. The van der Waals surface area contributed by atoms with Crippen LogP contribution in [-0.4, -0.2) is 18.5 Å². The summed E-state index contributed by atoms with van der Waals surface area (Å²) < 4.78 is 41.7. The number of nitrogens with zero attached hydrogens (tertiary/aromatic N) is 1. The van der Waals surface area contributed by atoms with Gasteiger partial charge in [0, 0.05) is 27.3 Å². The van der Waals surface area contributed by atoms with Gasteiger partial charge < -0.3 is 5.11 Å². The van der Waals surface area contributed by atoms with Gasteiger partial charge in [-0.3, -0.25) is 9.71 Å². The van der Waals surface area contributed by atoms with Crippen LogP contribution < -0.4 is 4.72 Å². The maximum Gasteiger partial charge on any atom is 0.236 e. The Morgan fingerprint density at radius 1 is 0.882 bits per heavy atom. The number of aromatic nitrogens is 1. The van der Waals surface area contributed by atoms with E-state index < -0.39 is 15.8 Å². The average Bonchev–Trinajstić information content (AvgIpc) is 2.83. The third-order valence-electron chi connectivity index (χ3n) is 5.33. The molecule has 8 heteroatoms. The van der Waals surface area contributed by atoms with Crippen molar-refractivity contribution in [2.75, 3.05) is 4.72 Å². The van der Waals surface area contributed by atoms with E-state index in [2.05, 4.69) is 9.71 Å². The third-order valence-corrected chi connectivity index (χ3v) is 7.66. The van der Waals surface area contributed by atoms with Gasteiger partial charge in [-0.2, -0.15) is 0 Å². The van der Waals surface area contributed by atoms with Crippen molar-refractivity contribution in [3.05, 3.63) is 103 Å². The number of hydrogen-bond donors (Lipinski definition) is 2. The molecule has 0 aliphatic heterocycles. The largest absolute Gasteiger partial charge is 0.506 e. The lowest BCUT2D eigenvalue weighted by Gasteiger charge is -2.15. The van der Waals surface area contributed by atoms with Crippen LogP contribution in [0.4, 0.5) is 10.1 Å². The minimum Gasteiger partial charge on any atom is -0.506 e. The molecular formula is C26H19FN2O3S2. The van der Waals surface area contributed by atoms with Crippen molar-refractivity contribution in [2.24, 2.45) is 0 Å². The number of halogens is 1. The Labute approximate surface area is 200 Å². The van der Waals surface area contributed by atoms with Gasteiger partial charge in [-0.25, -0.2) is 12.8 Å². The molecule has 4 aromatic carbocycles. The van der Waals surface area contributed by atoms with E-state index in [1.165, 1.54) is 36.0 Å². The van der Waals surface area contributed by atoms with Crippen LogP contribution in [0.15, 0.2) is 101 Å². The number of hydrogen-bond acceptors (Lipinski definition) is 5. The highest BCUT2D eigenvalue weighted by atomic mass is 32.2. The van der Waals surface area contributed by atoms with Gasteiger partial charge in [0.25, 0.3) is 0 Å². The predicted molar refractivity (Wildman–Crippen MR) is 134 cm³/mol. The summed E-state index contributed by atoms with van der Waals surface area (Å²) in [6.45, 7) is 0. The highest BCUT2D eigenvalue weighted by molar-refractivity contribution is 7.99. The van der Waals surface area contributed by atoms with Crippen molar-refractivity contribution in [2.45, 2.75) is 15.5 Å². The van der Waals surface area contributed by atoms with Crippen LogP contribution in [0.2, 0.25) is 0 Å². The van der Waals surface area contributed by atoms with Gasteiger partial charge in [0.15, 0.2) is 0 Å². The van der Waals surface area contributed by atoms with E-state index in [1.54, 1.807) is 36.5 Å². The lowest BCUT2D eigenvalue weighted by Crippen LogP contribution is -2.15. The van der Waals surface area contributed by atoms with Crippen LogP contribution in [-0.2, 0) is 15.8 Å². The Bertz CT molecular complexity index is 1620. The molecule has 5 nitrogen and oxygen atoms in total. The van der Waals surface area contributed by atoms with Gasteiger partial charge in [-0.15, -0.1) is 0 Å². The number of phenols is 1. The van der Waals surface area contributed by atoms with Gasteiger partial charge in [-0.1, -0.05) is 66.4 Å². The second kappa shape index (κ2) is 8.96. The second-order valence-electron chi connectivity index (χ2n) is 7.74. The summed E-state index contributed by atoms with van der Waals surface area (Å²) in [6.07, 6.45) is 1.71. The number of rotatable bonds is 6. The molecule has 0 atom stereocenters. The highest BCUT2D eigenvalue weighted by Crippen LogP contribution is 2.44. The minimum absolute atomic E-state index is 0.0648. The molecule has 0 aliphatic carbocycles. The molecule has 0 aliphatic rings. The fourth-order valence-corrected chi connectivity index (χ4v) is 6.02. The first-order valence-electron chi connectivity index (χ1n) is 10.4. The Kier molecular flexibility index (Phi) is 5.85. The Morgan fingerprint density at radius 3 is 2.41 bits per heavy atom. The Morgan fingerprint density at radius 2 is 1.62 bits per heavy atom. The monoisotopic (exact) mass is 490 g/mol. The standard InChI is InChI=1S/C26H19FN2O3S2/c27-19-12-10-17(11-13-19)16-34(31,32)29-22-15-24(26(30)21-8-2-1-7-20(21)22)33-23-9-3-5-18-6-4-14-28-25(18)23/h1-15,29-30H,16H2. The molecule has 5 rings (SSSR count). The fourth-order valence-electron chi connectivity index (χ4n) is 3.78. The van der Waals surface area contributed by atoms with E-state index in [-0.39, 0.29) is 11.5 Å². The number of nitrogens with one attached hydrogen (secondary N) is 1. The van der Waals surface area contributed by atoms with Crippen molar-refractivity contribution < 1.29 is 17.9 Å².